The first-order valence-electron chi connectivity index (χ1n) is 9.58. The summed E-state index contributed by atoms with van der Waals surface area (Å²) in [6.45, 7) is 7.51. The van der Waals surface area contributed by atoms with Crippen LogP contribution >= 0.6 is 0 Å². The van der Waals surface area contributed by atoms with E-state index in [-0.39, 0.29) is 17.7 Å². The summed E-state index contributed by atoms with van der Waals surface area (Å²) < 4.78 is 0. The summed E-state index contributed by atoms with van der Waals surface area (Å²) in [4.78, 5) is 41.2. The molecule has 2 rings (SSSR count). The van der Waals surface area contributed by atoms with Crippen LogP contribution in [-0.4, -0.2) is 84.8 Å². The molecule has 7 nitrogen and oxygen atoms in total. The van der Waals surface area contributed by atoms with Crippen LogP contribution in [0.5, 0.6) is 0 Å². The van der Waals surface area contributed by atoms with Crippen molar-refractivity contribution < 1.29 is 14.4 Å². The monoisotopic (exact) mass is 352 g/mol. The van der Waals surface area contributed by atoms with Crippen molar-refractivity contribution >= 4 is 17.7 Å². The van der Waals surface area contributed by atoms with Gasteiger partial charge >= 0.3 is 0 Å². The van der Waals surface area contributed by atoms with Crippen LogP contribution in [0.2, 0.25) is 0 Å². The zero-order chi connectivity index (χ0) is 18.1. The summed E-state index contributed by atoms with van der Waals surface area (Å²) in [5.41, 5.74) is 0. The van der Waals surface area contributed by atoms with Crippen molar-refractivity contribution in [2.24, 2.45) is 0 Å². The maximum absolute atomic E-state index is 12.2. The van der Waals surface area contributed by atoms with E-state index < -0.39 is 0 Å². The molecular weight excluding hydrogens is 320 g/mol. The Morgan fingerprint density at radius 3 is 2.08 bits per heavy atom. The largest absolute Gasteiger partial charge is 0.356 e. The second kappa shape index (κ2) is 10.4. The number of piperazine rings is 1. The van der Waals surface area contributed by atoms with E-state index in [2.05, 4.69) is 10.2 Å². The Morgan fingerprint density at radius 1 is 0.800 bits per heavy atom. The number of hydrogen-bond acceptors (Lipinski definition) is 4. The van der Waals surface area contributed by atoms with Crippen molar-refractivity contribution in [1.82, 2.24) is 20.0 Å². The molecule has 2 aliphatic rings. The molecule has 0 aromatic heterocycles. The fourth-order valence-corrected chi connectivity index (χ4v) is 3.41. The highest BCUT2D eigenvalue weighted by Crippen LogP contribution is 2.10. The molecule has 0 bridgehead atoms. The molecule has 0 aliphatic carbocycles. The highest BCUT2D eigenvalue weighted by Gasteiger charge is 2.24. The van der Waals surface area contributed by atoms with Gasteiger partial charge in [-0.05, 0) is 25.7 Å². The summed E-state index contributed by atoms with van der Waals surface area (Å²) >= 11 is 0. The second-order valence-electron chi connectivity index (χ2n) is 7.04. The van der Waals surface area contributed by atoms with Gasteiger partial charge in [0.2, 0.25) is 17.7 Å². The Labute approximate surface area is 150 Å². The van der Waals surface area contributed by atoms with Crippen LogP contribution in [0.3, 0.4) is 0 Å². The molecule has 25 heavy (non-hydrogen) atoms. The van der Waals surface area contributed by atoms with E-state index in [0.29, 0.717) is 19.5 Å². The normalized spacial score (nSPS) is 18.4. The van der Waals surface area contributed by atoms with Gasteiger partial charge in [0.15, 0.2) is 0 Å². The van der Waals surface area contributed by atoms with E-state index in [1.807, 2.05) is 9.80 Å². The van der Waals surface area contributed by atoms with Crippen molar-refractivity contribution in [1.29, 1.82) is 0 Å². The first kappa shape index (κ1) is 19.7. The lowest BCUT2D eigenvalue weighted by Gasteiger charge is -2.35. The molecule has 0 radical (unpaired) electrons. The maximum atomic E-state index is 12.2. The Hall–Kier alpha value is -1.63. The number of amides is 3. The third-order valence-corrected chi connectivity index (χ3v) is 4.98. The zero-order valence-corrected chi connectivity index (χ0v) is 15.5. The predicted molar refractivity (Wildman–Crippen MR) is 96.0 cm³/mol. The molecule has 142 valence electrons. The van der Waals surface area contributed by atoms with Crippen molar-refractivity contribution in [2.45, 2.75) is 45.4 Å². The Kier molecular flexibility index (Phi) is 8.18. The summed E-state index contributed by atoms with van der Waals surface area (Å²) in [5, 5.41) is 2.77. The van der Waals surface area contributed by atoms with E-state index in [4.69, 9.17) is 0 Å². The summed E-state index contributed by atoms with van der Waals surface area (Å²) in [6.07, 6.45) is 5.56. The van der Waals surface area contributed by atoms with E-state index >= 15 is 0 Å². The smallest absolute Gasteiger partial charge is 0.236 e. The molecule has 3 amide bonds. The quantitative estimate of drug-likeness (QED) is 0.644. The lowest BCUT2D eigenvalue weighted by molar-refractivity contribution is -0.134. The molecular formula is C18H32N4O3. The average Bonchev–Trinajstić information content (AvgIpc) is 3.13. The van der Waals surface area contributed by atoms with Crippen LogP contribution < -0.4 is 5.32 Å². The second-order valence-corrected chi connectivity index (χ2v) is 7.04. The van der Waals surface area contributed by atoms with Crippen LogP contribution in [0.4, 0.5) is 0 Å². The number of carbonyl (C=O) groups is 3. The van der Waals surface area contributed by atoms with Gasteiger partial charge in [-0.3, -0.25) is 19.3 Å². The molecule has 7 heteroatoms. The number of nitrogens with zero attached hydrogens (tertiary/aromatic N) is 3. The topological polar surface area (TPSA) is 73.0 Å². The van der Waals surface area contributed by atoms with Crippen molar-refractivity contribution in [2.75, 3.05) is 52.4 Å². The molecule has 2 fully saturated rings. The van der Waals surface area contributed by atoms with Crippen LogP contribution in [0, 0.1) is 0 Å². The van der Waals surface area contributed by atoms with Crippen LogP contribution in [0.1, 0.15) is 45.4 Å². The molecule has 0 aromatic carbocycles. The number of rotatable bonds is 8. The number of hydrogen-bond donors (Lipinski definition) is 1. The number of nitrogens with one attached hydrogen (secondary N) is 1. The highest BCUT2D eigenvalue weighted by molar-refractivity contribution is 5.79. The minimum absolute atomic E-state index is 0.00263. The minimum atomic E-state index is -0.00263. The summed E-state index contributed by atoms with van der Waals surface area (Å²) in [6, 6.07) is 0. The molecule has 0 atom stereocenters. The standard InChI is InChI=1S/C18H32N4O3/c1-16(23)19-8-4-2-3-7-17(24)22-13-11-20(12-14-22)15-18(25)21-9-5-6-10-21/h2-15H2,1H3,(H,19,23). The van der Waals surface area contributed by atoms with Gasteiger partial charge in [0.1, 0.15) is 0 Å². The number of carbonyl (C=O) groups excluding carboxylic acids is 3. The summed E-state index contributed by atoms with van der Waals surface area (Å²) in [5.74, 6) is 0.443. The highest BCUT2D eigenvalue weighted by atomic mass is 16.2. The van der Waals surface area contributed by atoms with Gasteiger partial charge in [-0.25, -0.2) is 0 Å². The third-order valence-electron chi connectivity index (χ3n) is 4.98. The minimum Gasteiger partial charge on any atom is -0.356 e. The lowest BCUT2D eigenvalue weighted by Crippen LogP contribution is -2.51. The average molecular weight is 352 g/mol. The molecule has 1 N–H and O–H groups in total. The van der Waals surface area contributed by atoms with E-state index in [1.165, 1.54) is 6.92 Å². The van der Waals surface area contributed by atoms with Gasteiger partial charge in [-0.15, -0.1) is 0 Å². The molecule has 2 saturated heterocycles. The Morgan fingerprint density at radius 2 is 1.44 bits per heavy atom. The van der Waals surface area contributed by atoms with E-state index in [1.54, 1.807) is 0 Å². The third kappa shape index (κ3) is 7.02. The molecule has 2 aliphatic heterocycles. The Balaban J connectivity index is 1.55. The van der Waals surface area contributed by atoms with Crippen LogP contribution in [0.15, 0.2) is 0 Å². The zero-order valence-electron chi connectivity index (χ0n) is 15.5. The van der Waals surface area contributed by atoms with Gasteiger partial charge in [0.05, 0.1) is 6.54 Å². The van der Waals surface area contributed by atoms with Crippen molar-refractivity contribution in [3.05, 3.63) is 0 Å². The van der Waals surface area contributed by atoms with E-state index in [9.17, 15) is 14.4 Å². The van der Waals surface area contributed by atoms with Gasteiger partial charge < -0.3 is 15.1 Å². The van der Waals surface area contributed by atoms with Crippen molar-refractivity contribution in [3.63, 3.8) is 0 Å². The van der Waals surface area contributed by atoms with E-state index in [0.717, 1.165) is 71.4 Å². The molecule has 0 spiro atoms. The van der Waals surface area contributed by atoms with Gasteiger partial charge in [-0.1, -0.05) is 6.42 Å². The molecule has 0 saturated carbocycles. The van der Waals surface area contributed by atoms with Crippen LogP contribution in [0.25, 0.3) is 0 Å². The predicted octanol–water partition coefficient (Wildman–Crippen LogP) is 0.450. The number of likely N-dealkylation sites (tertiary alicyclic amines) is 1. The fourth-order valence-electron chi connectivity index (χ4n) is 3.41. The molecule has 0 aromatic rings. The fraction of sp³-hybridized carbons (Fsp3) is 0.833. The molecule has 2 heterocycles. The first-order valence-corrected chi connectivity index (χ1v) is 9.58. The van der Waals surface area contributed by atoms with Gasteiger partial charge in [0.25, 0.3) is 0 Å². The van der Waals surface area contributed by atoms with Gasteiger partial charge in [-0.2, -0.15) is 0 Å². The number of unbranched alkanes of at least 4 members (excludes halogenated alkanes) is 2. The Bertz CT molecular complexity index is 455. The van der Waals surface area contributed by atoms with Crippen LogP contribution in [-0.2, 0) is 14.4 Å². The maximum Gasteiger partial charge on any atom is 0.236 e. The SMILES string of the molecule is CC(=O)NCCCCCC(=O)N1CCN(CC(=O)N2CCCC2)CC1. The molecule has 0 unspecified atom stereocenters. The van der Waals surface area contributed by atoms with Gasteiger partial charge in [0, 0.05) is 59.2 Å². The lowest BCUT2D eigenvalue weighted by atomic mass is 10.1. The first-order chi connectivity index (χ1) is 12.1. The van der Waals surface area contributed by atoms with Crippen molar-refractivity contribution in [3.8, 4) is 0 Å². The summed E-state index contributed by atoms with van der Waals surface area (Å²) in [7, 11) is 0.